The normalized spacial score (nSPS) is 15.0. The van der Waals surface area contributed by atoms with Crippen molar-refractivity contribution in [3.8, 4) is 5.75 Å². The minimum Gasteiger partial charge on any atom is -0.497 e. The Balaban J connectivity index is 0.00000363. The number of ether oxygens (including phenoxy) is 1. The average Bonchev–Trinajstić information content (AvgIpc) is 3.32. The summed E-state index contributed by atoms with van der Waals surface area (Å²) in [6, 6.07) is 12.2. The molecule has 1 aliphatic heterocycles. The maximum absolute atomic E-state index is 11.6. The highest BCUT2D eigenvalue weighted by Gasteiger charge is 2.21. The molecule has 32 heavy (non-hydrogen) atoms. The van der Waals surface area contributed by atoms with Gasteiger partial charge in [0.2, 0.25) is 5.91 Å². The summed E-state index contributed by atoms with van der Waals surface area (Å²) in [6.07, 6.45) is 4.43. The number of guanidine groups is 1. The first-order valence-corrected chi connectivity index (χ1v) is 10.8. The van der Waals surface area contributed by atoms with E-state index in [1.54, 1.807) is 20.4 Å². The molecular weight excluding hydrogens is 521 g/mol. The number of hydrogen-bond acceptors (Lipinski definition) is 5. The third-order valence-electron chi connectivity index (χ3n) is 5.40. The van der Waals surface area contributed by atoms with Gasteiger partial charge in [0.25, 0.3) is 0 Å². The van der Waals surface area contributed by atoms with Gasteiger partial charge in [0.1, 0.15) is 11.5 Å². The molecule has 2 aromatic rings. The van der Waals surface area contributed by atoms with Crippen molar-refractivity contribution in [2.75, 3.05) is 40.3 Å². The fourth-order valence-electron chi connectivity index (χ4n) is 3.52. The van der Waals surface area contributed by atoms with Crippen molar-refractivity contribution >= 4 is 35.8 Å². The van der Waals surface area contributed by atoms with Crippen LogP contribution in [0.5, 0.6) is 5.75 Å². The predicted octanol–water partition coefficient (Wildman–Crippen LogP) is 2.39. The number of benzene rings is 1. The lowest BCUT2D eigenvalue weighted by Crippen LogP contribution is -2.50. The molecular formula is C23H34IN5O3. The highest BCUT2D eigenvalue weighted by atomic mass is 127. The Morgan fingerprint density at radius 1 is 1.22 bits per heavy atom. The van der Waals surface area contributed by atoms with Crippen LogP contribution in [0.3, 0.4) is 0 Å². The molecule has 0 bridgehead atoms. The summed E-state index contributed by atoms with van der Waals surface area (Å²) in [5.41, 5.74) is 1.12. The first-order chi connectivity index (χ1) is 15.2. The Kier molecular flexibility index (Phi) is 11.4. The average molecular weight is 555 g/mol. The molecule has 1 aromatic heterocycles. The van der Waals surface area contributed by atoms with E-state index in [1.165, 1.54) is 0 Å². The van der Waals surface area contributed by atoms with Crippen LogP contribution in [0.4, 0.5) is 0 Å². The first-order valence-electron chi connectivity index (χ1n) is 10.8. The van der Waals surface area contributed by atoms with Crippen LogP contribution < -0.4 is 20.7 Å². The van der Waals surface area contributed by atoms with Crippen LogP contribution in [0.15, 0.2) is 52.1 Å². The monoisotopic (exact) mass is 555 g/mol. The van der Waals surface area contributed by atoms with Gasteiger partial charge in [0, 0.05) is 39.1 Å². The number of hydrogen-bond donors (Lipinski definition) is 3. The maximum Gasteiger partial charge on any atom is 0.233 e. The van der Waals surface area contributed by atoms with E-state index in [2.05, 4.69) is 20.9 Å². The zero-order valence-electron chi connectivity index (χ0n) is 18.8. The van der Waals surface area contributed by atoms with E-state index in [-0.39, 0.29) is 29.9 Å². The van der Waals surface area contributed by atoms with Gasteiger partial charge >= 0.3 is 0 Å². The number of carbonyl (C=O) groups is 1. The van der Waals surface area contributed by atoms with Crippen molar-refractivity contribution in [3.05, 3.63) is 54.0 Å². The SMILES string of the molecule is CNC(=O)CN1CCC(NC(=NCc2ccc(OC)cc2)NCCc2ccco2)CC1.I. The van der Waals surface area contributed by atoms with E-state index in [1.807, 2.05) is 36.4 Å². The molecule has 0 unspecified atom stereocenters. The van der Waals surface area contributed by atoms with Crippen molar-refractivity contribution in [1.29, 1.82) is 0 Å². The van der Waals surface area contributed by atoms with Gasteiger partial charge in [-0.25, -0.2) is 4.99 Å². The van der Waals surface area contributed by atoms with E-state index < -0.39 is 0 Å². The molecule has 1 saturated heterocycles. The van der Waals surface area contributed by atoms with E-state index in [0.29, 0.717) is 19.1 Å². The zero-order chi connectivity index (χ0) is 21.9. The molecule has 0 saturated carbocycles. The number of furan rings is 1. The number of carbonyl (C=O) groups excluding carboxylic acids is 1. The molecule has 3 rings (SSSR count). The summed E-state index contributed by atoms with van der Waals surface area (Å²) in [5.74, 6) is 2.65. The summed E-state index contributed by atoms with van der Waals surface area (Å²) in [6.45, 7) is 3.56. The van der Waals surface area contributed by atoms with Gasteiger partial charge in [-0.15, -0.1) is 24.0 Å². The number of aliphatic imine (C=N–C) groups is 1. The van der Waals surface area contributed by atoms with Crippen LogP contribution in [0, 0.1) is 0 Å². The fraction of sp³-hybridized carbons (Fsp3) is 0.478. The van der Waals surface area contributed by atoms with Gasteiger partial charge in [0.15, 0.2) is 5.96 Å². The zero-order valence-corrected chi connectivity index (χ0v) is 21.1. The Hall–Kier alpha value is -2.27. The molecule has 0 atom stereocenters. The number of halogens is 1. The minimum atomic E-state index is 0. The van der Waals surface area contributed by atoms with Crippen molar-refractivity contribution in [3.63, 3.8) is 0 Å². The summed E-state index contributed by atoms with van der Waals surface area (Å²) in [5, 5.41) is 9.69. The Labute approximate surface area is 207 Å². The fourth-order valence-corrected chi connectivity index (χ4v) is 3.52. The number of methoxy groups -OCH3 is 1. The van der Waals surface area contributed by atoms with Crippen LogP contribution in [0.1, 0.15) is 24.2 Å². The second-order valence-corrected chi connectivity index (χ2v) is 7.64. The van der Waals surface area contributed by atoms with Crippen LogP contribution in [-0.2, 0) is 17.8 Å². The van der Waals surface area contributed by atoms with Crippen LogP contribution >= 0.6 is 24.0 Å². The molecule has 176 valence electrons. The first kappa shape index (κ1) is 26.0. The van der Waals surface area contributed by atoms with Gasteiger partial charge < -0.3 is 25.1 Å². The lowest BCUT2D eigenvalue weighted by molar-refractivity contribution is -0.122. The van der Waals surface area contributed by atoms with E-state index in [9.17, 15) is 4.79 Å². The highest BCUT2D eigenvalue weighted by Crippen LogP contribution is 2.13. The molecule has 0 aliphatic carbocycles. The van der Waals surface area contributed by atoms with Crippen molar-refractivity contribution in [1.82, 2.24) is 20.9 Å². The van der Waals surface area contributed by atoms with Gasteiger partial charge in [-0.3, -0.25) is 9.69 Å². The predicted molar refractivity (Wildman–Crippen MR) is 137 cm³/mol. The number of likely N-dealkylation sites (N-methyl/N-ethyl adjacent to an activating group) is 1. The minimum absolute atomic E-state index is 0. The van der Waals surface area contributed by atoms with Crippen molar-refractivity contribution in [2.45, 2.75) is 31.8 Å². The lowest BCUT2D eigenvalue weighted by atomic mass is 10.1. The van der Waals surface area contributed by atoms with E-state index in [0.717, 1.165) is 61.9 Å². The number of nitrogens with one attached hydrogen (secondary N) is 3. The Morgan fingerprint density at radius 2 is 1.97 bits per heavy atom. The van der Waals surface area contributed by atoms with E-state index >= 15 is 0 Å². The Morgan fingerprint density at radius 3 is 2.59 bits per heavy atom. The largest absolute Gasteiger partial charge is 0.497 e. The quantitative estimate of drug-likeness (QED) is 0.250. The van der Waals surface area contributed by atoms with Gasteiger partial charge in [0.05, 0.1) is 26.5 Å². The second kappa shape index (κ2) is 14.0. The van der Waals surface area contributed by atoms with Gasteiger partial charge in [-0.05, 0) is 42.7 Å². The molecule has 9 heteroatoms. The molecule has 1 aliphatic rings. The molecule has 2 heterocycles. The smallest absolute Gasteiger partial charge is 0.233 e. The standard InChI is InChI=1S/C23H33N5O3.HI/c1-24-22(29)17-28-13-10-19(11-14-28)27-23(25-12-9-21-4-3-15-31-21)26-16-18-5-7-20(30-2)8-6-18;/h3-8,15,19H,9-14,16-17H2,1-2H3,(H,24,29)(H2,25,26,27);1H. The topological polar surface area (TPSA) is 91.1 Å². The molecule has 1 amide bonds. The van der Waals surface area contributed by atoms with Crippen LogP contribution in [0.25, 0.3) is 0 Å². The summed E-state index contributed by atoms with van der Waals surface area (Å²) in [4.78, 5) is 18.6. The molecule has 8 nitrogen and oxygen atoms in total. The number of piperidine rings is 1. The van der Waals surface area contributed by atoms with Crippen LogP contribution in [0.2, 0.25) is 0 Å². The molecule has 0 spiro atoms. The number of amides is 1. The number of nitrogens with zero attached hydrogens (tertiary/aromatic N) is 2. The Bertz CT molecular complexity index is 819. The number of likely N-dealkylation sites (tertiary alicyclic amines) is 1. The van der Waals surface area contributed by atoms with Crippen molar-refractivity contribution in [2.24, 2.45) is 4.99 Å². The lowest BCUT2D eigenvalue weighted by Gasteiger charge is -2.32. The van der Waals surface area contributed by atoms with E-state index in [4.69, 9.17) is 14.1 Å². The highest BCUT2D eigenvalue weighted by molar-refractivity contribution is 14.0. The maximum atomic E-state index is 11.6. The van der Waals surface area contributed by atoms with Crippen LogP contribution in [-0.4, -0.2) is 63.1 Å². The molecule has 0 radical (unpaired) electrons. The van der Waals surface area contributed by atoms with Gasteiger partial charge in [-0.1, -0.05) is 12.1 Å². The third-order valence-corrected chi connectivity index (χ3v) is 5.40. The number of rotatable bonds is 9. The molecule has 3 N–H and O–H groups in total. The summed E-state index contributed by atoms with van der Waals surface area (Å²) >= 11 is 0. The summed E-state index contributed by atoms with van der Waals surface area (Å²) in [7, 11) is 3.34. The summed E-state index contributed by atoms with van der Waals surface area (Å²) < 4.78 is 10.6. The molecule has 1 fully saturated rings. The third kappa shape index (κ3) is 8.70. The second-order valence-electron chi connectivity index (χ2n) is 7.64. The van der Waals surface area contributed by atoms with Gasteiger partial charge in [-0.2, -0.15) is 0 Å². The molecule has 1 aromatic carbocycles. The van der Waals surface area contributed by atoms with Crippen molar-refractivity contribution < 1.29 is 13.9 Å².